The molecule has 0 amide bonds. The van der Waals surface area contributed by atoms with E-state index in [1.54, 1.807) is 24.3 Å². The van der Waals surface area contributed by atoms with Crippen LogP contribution in [0.5, 0.6) is 5.88 Å². The first-order valence-corrected chi connectivity index (χ1v) is 11.4. The van der Waals surface area contributed by atoms with Gasteiger partial charge in [0.1, 0.15) is 19.3 Å². The number of nitrogens with one attached hydrogen (secondary N) is 1. The summed E-state index contributed by atoms with van der Waals surface area (Å²) in [4.78, 5) is 29.6. The molecule has 1 aliphatic heterocycles. The number of hydrogen-bond donors (Lipinski definition) is 1. The molecule has 1 fully saturated rings. The first-order chi connectivity index (χ1) is 15.9. The van der Waals surface area contributed by atoms with Crippen molar-refractivity contribution in [1.82, 2.24) is 14.1 Å². The molecule has 33 heavy (non-hydrogen) atoms. The Kier molecular flexibility index (Phi) is 8.92. The number of ether oxygens (including phenoxy) is 3. The van der Waals surface area contributed by atoms with Gasteiger partial charge in [-0.25, -0.2) is 4.79 Å². The molecule has 2 aromatic rings. The Morgan fingerprint density at radius 3 is 2.82 bits per heavy atom. The lowest BCUT2D eigenvalue weighted by Crippen LogP contribution is -2.44. The summed E-state index contributed by atoms with van der Waals surface area (Å²) in [6, 6.07) is 6.65. The molecule has 1 atom stereocenters. The molecule has 0 saturated carbocycles. The molecule has 0 aliphatic carbocycles. The Balaban J connectivity index is 1.66. The zero-order valence-electron chi connectivity index (χ0n) is 19.0. The van der Waals surface area contributed by atoms with Crippen LogP contribution in [0.1, 0.15) is 36.7 Å². The fourth-order valence-electron chi connectivity index (χ4n) is 3.07. The van der Waals surface area contributed by atoms with E-state index >= 15 is 0 Å². The quantitative estimate of drug-likeness (QED) is 0.292. The van der Waals surface area contributed by atoms with Gasteiger partial charge in [0, 0.05) is 25.2 Å². The molecule has 3 rings (SSSR count). The summed E-state index contributed by atoms with van der Waals surface area (Å²) in [6.07, 6.45) is -0.576. The second kappa shape index (κ2) is 11.9. The molecule has 1 saturated heterocycles. The van der Waals surface area contributed by atoms with Gasteiger partial charge in [-0.05, 0) is 38.5 Å². The van der Waals surface area contributed by atoms with Crippen LogP contribution in [0.3, 0.4) is 0 Å². The number of nitrogens with zero attached hydrogens (tertiary/aromatic N) is 4. The Bertz CT molecular complexity index is 913. The van der Waals surface area contributed by atoms with Crippen molar-refractivity contribution in [3.05, 3.63) is 40.3 Å². The van der Waals surface area contributed by atoms with Gasteiger partial charge in [-0.3, -0.25) is 0 Å². The number of carbonyl (C=O) groups excluding carboxylic acids is 1. The molecule has 0 radical (unpaired) electrons. The van der Waals surface area contributed by atoms with Crippen LogP contribution in [0.4, 0.5) is 5.82 Å². The molecule has 1 aromatic carbocycles. The van der Waals surface area contributed by atoms with Crippen molar-refractivity contribution in [1.29, 1.82) is 0 Å². The third-order valence-electron chi connectivity index (χ3n) is 4.74. The van der Waals surface area contributed by atoms with Gasteiger partial charge >= 0.3 is 5.97 Å². The molecule has 1 N–H and O–H groups in total. The fourth-order valence-corrected chi connectivity index (χ4v) is 3.59. The molecule has 0 spiro atoms. The molecule has 2 heterocycles. The molecule has 0 bridgehead atoms. The second-order valence-corrected chi connectivity index (χ2v) is 9.04. The Hall–Kier alpha value is -2.83. The summed E-state index contributed by atoms with van der Waals surface area (Å²) in [7, 11) is 0. The average Bonchev–Trinajstić information content (AvgIpc) is 3.28. The number of rotatable bonds is 11. The standard InChI is InChI=1S/C21H29N5O6S/c1-21(2,3)22-12-17(32-20(27)16-6-4-5-15(11-16)13-31-25-28)14-30-19-18(23-33-24-19)26-7-9-29-10-8-26/h4-6,11,17,22H,7-10,12-14H2,1-3H3. The lowest BCUT2D eigenvalue weighted by atomic mass is 10.1. The third kappa shape index (κ3) is 7.91. The number of anilines is 1. The average molecular weight is 480 g/mol. The predicted octanol–water partition coefficient (Wildman–Crippen LogP) is 2.57. The molecule has 1 aromatic heterocycles. The molecule has 12 heteroatoms. The highest BCUT2D eigenvalue weighted by molar-refractivity contribution is 6.99. The van der Waals surface area contributed by atoms with Crippen molar-refractivity contribution in [2.45, 2.75) is 39.0 Å². The highest BCUT2D eigenvalue weighted by Crippen LogP contribution is 2.26. The van der Waals surface area contributed by atoms with E-state index in [2.05, 4.69) is 29.1 Å². The molecule has 1 unspecified atom stereocenters. The van der Waals surface area contributed by atoms with Gasteiger partial charge in [0.25, 0.3) is 5.88 Å². The van der Waals surface area contributed by atoms with Crippen LogP contribution in [0.2, 0.25) is 0 Å². The van der Waals surface area contributed by atoms with Crippen LogP contribution in [-0.2, 0) is 20.9 Å². The maximum absolute atomic E-state index is 12.8. The number of hydrogen-bond acceptors (Lipinski definition) is 12. The Labute approximate surface area is 196 Å². The topological polar surface area (TPSA) is 124 Å². The van der Waals surface area contributed by atoms with Crippen molar-refractivity contribution in [2.24, 2.45) is 5.34 Å². The number of carbonyl (C=O) groups is 1. The maximum Gasteiger partial charge on any atom is 0.338 e. The minimum absolute atomic E-state index is 0.0239. The second-order valence-electron chi connectivity index (χ2n) is 8.51. The lowest BCUT2D eigenvalue weighted by molar-refractivity contribution is 0.0156. The first kappa shape index (κ1) is 24.8. The normalized spacial score (nSPS) is 15.1. The van der Waals surface area contributed by atoms with Crippen LogP contribution in [0.25, 0.3) is 0 Å². The molecule has 180 valence electrons. The van der Waals surface area contributed by atoms with Crippen LogP contribution >= 0.6 is 11.7 Å². The Morgan fingerprint density at radius 2 is 2.09 bits per heavy atom. The number of benzene rings is 1. The number of esters is 1. The van der Waals surface area contributed by atoms with E-state index in [1.807, 2.05) is 20.8 Å². The lowest BCUT2D eigenvalue weighted by Gasteiger charge is -2.27. The van der Waals surface area contributed by atoms with Gasteiger partial charge in [0.05, 0.1) is 30.5 Å². The van der Waals surface area contributed by atoms with E-state index in [9.17, 15) is 9.70 Å². The fraction of sp³-hybridized carbons (Fsp3) is 0.571. The van der Waals surface area contributed by atoms with Crippen LogP contribution in [0.15, 0.2) is 29.6 Å². The van der Waals surface area contributed by atoms with E-state index < -0.39 is 12.1 Å². The van der Waals surface area contributed by atoms with Crippen molar-refractivity contribution in [2.75, 3.05) is 44.4 Å². The maximum atomic E-state index is 12.8. The van der Waals surface area contributed by atoms with Crippen molar-refractivity contribution >= 4 is 23.5 Å². The van der Waals surface area contributed by atoms with Crippen molar-refractivity contribution < 1.29 is 23.8 Å². The van der Waals surface area contributed by atoms with Gasteiger partial charge in [0.2, 0.25) is 5.82 Å². The van der Waals surface area contributed by atoms with Crippen molar-refractivity contribution in [3.63, 3.8) is 0 Å². The molecule has 1 aliphatic rings. The van der Waals surface area contributed by atoms with Crippen LogP contribution in [-0.4, -0.2) is 65.8 Å². The SMILES string of the molecule is CC(C)(C)NCC(COc1nsnc1N1CCOCC1)OC(=O)c1cccc(CON=O)c1. The molecular weight excluding hydrogens is 450 g/mol. The zero-order chi connectivity index (χ0) is 23.7. The van der Waals surface area contributed by atoms with E-state index in [0.29, 0.717) is 55.7 Å². The molecule has 11 nitrogen and oxygen atoms in total. The summed E-state index contributed by atoms with van der Waals surface area (Å²) >= 11 is 1.08. The third-order valence-corrected chi connectivity index (χ3v) is 5.24. The minimum Gasteiger partial charge on any atom is -0.470 e. The minimum atomic E-state index is -0.576. The summed E-state index contributed by atoms with van der Waals surface area (Å²) in [6.45, 7) is 9.22. The van der Waals surface area contributed by atoms with Gasteiger partial charge in [-0.2, -0.15) is 4.37 Å². The summed E-state index contributed by atoms with van der Waals surface area (Å²) < 4.78 is 25.7. The number of morpholine rings is 1. The van der Waals surface area contributed by atoms with E-state index in [1.165, 1.54) is 0 Å². The summed E-state index contributed by atoms with van der Waals surface area (Å²) in [5.41, 5.74) is 0.797. The summed E-state index contributed by atoms with van der Waals surface area (Å²) in [5, 5.41) is 5.72. The smallest absolute Gasteiger partial charge is 0.338 e. The highest BCUT2D eigenvalue weighted by atomic mass is 32.1. The molecular formula is C21H29N5O6S. The van der Waals surface area contributed by atoms with E-state index in [-0.39, 0.29) is 18.8 Å². The Morgan fingerprint density at radius 1 is 1.30 bits per heavy atom. The van der Waals surface area contributed by atoms with Gasteiger partial charge in [-0.15, -0.1) is 9.28 Å². The van der Waals surface area contributed by atoms with Crippen LogP contribution in [0, 0.1) is 4.91 Å². The van der Waals surface area contributed by atoms with Crippen LogP contribution < -0.4 is 15.0 Å². The largest absolute Gasteiger partial charge is 0.470 e. The number of aromatic nitrogens is 2. The first-order valence-electron chi connectivity index (χ1n) is 10.6. The highest BCUT2D eigenvalue weighted by Gasteiger charge is 2.24. The summed E-state index contributed by atoms with van der Waals surface area (Å²) in [5.74, 6) is 0.581. The zero-order valence-corrected chi connectivity index (χ0v) is 19.8. The van der Waals surface area contributed by atoms with Gasteiger partial charge in [0.15, 0.2) is 5.34 Å². The van der Waals surface area contributed by atoms with Gasteiger partial charge < -0.3 is 29.3 Å². The van der Waals surface area contributed by atoms with Crippen molar-refractivity contribution in [3.8, 4) is 5.88 Å². The van der Waals surface area contributed by atoms with Gasteiger partial charge in [-0.1, -0.05) is 12.1 Å². The predicted molar refractivity (Wildman–Crippen MR) is 122 cm³/mol. The monoisotopic (exact) mass is 479 g/mol. The van der Waals surface area contributed by atoms with E-state index in [0.717, 1.165) is 11.7 Å². The van der Waals surface area contributed by atoms with E-state index in [4.69, 9.17) is 14.2 Å².